The van der Waals surface area contributed by atoms with Gasteiger partial charge in [0, 0.05) is 31.8 Å². The van der Waals surface area contributed by atoms with Gasteiger partial charge in [0.15, 0.2) is 5.13 Å². The minimum Gasteiger partial charge on any atom is -0.355 e. The number of sulfonamides is 1. The van der Waals surface area contributed by atoms with Gasteiger partial charge in [-0.15, -0.1) is 11.3 Å². The normalized spacial score (nSPS) is 14.7. The van der Waals surface area contributed by atoms with E-state index in [0.717, 1.165) is 80.5 Å². The highest BCUT2D eigenvalue weighted by Gasteiger charge is 2.25. The molecule has 2 amide bonds. The van der Waals surface area contributed by atoms with Crippen LogP contribution in [-0.4, -0.2) is 62.6 Å². The van der Waals surface area contributed by atoms with Crippen LogP contribution in [0.25, 0.3) is 10.2 Å². The number of unbranched alkanes of at least 4 members (excludes halogenated alkanes) is 4. The Morgan fingerprint density at radius 2 is 1.90 bits per heavy atom. The summed E-state index contributed by atoms with van der Waals surface area (Å²) in [4.78, 5) is 42.0. The fourth-order valence-corrected chi connectivity index (χ4v) is 7.55. The molecule has 0 radical (unpaired) electrons. The van der Waals surface area contributed by atoms with Crippen LogP contribution in [0, 0.1) is 5.92 Å². The Hall–Kier alpha value is -2.87. The summed E-state index contributed by atoms with van der Waals surface area (Å²) < 4.78 is 28.6. The maximum Gasteiger partial charge on any atom is 0.271 e. The molecule has 1 aliphatic rings. The number of aromatic nitrogens is 1. The lowest BCUT2D eigenvalue weighted by Gasteiger charge is -2.31. The molecule has 0 spiro atoms. The van der Waals surface area contributed by atoms with Crippen molar-refractivity contribution < 1.29 is 22.8 Å². The van der Waals surface area contributed by atoms with Gasteiger partial charge in [-0.3, -0.25) is 14.3 Å². The van der Waals surface area contributed by atoms with E-state index in [1.807, 2.05) is 0 Å². The first-order valence-electron chi connectivity index (χ1n) is 13.5. The number of aldehydes is 1. The van der Waals surface area contributed by atoms with Crippen molar-refractivity contribution in [3.63, 3.8) is 0 Å². The summed E-state index contributed by atoms with van der Waals surface area (Å²) in [6.45, 7) is 2.93. The van der Waals surface area contributed by atoms with Crippen LogP contribution < -0.4 is 15.4 Å². The van der Waals surface area contributed by atoms with E-state index in [9.17, 15) is 22.8 Å². The van der Waals surface area contributed by atoms with Crippen molar-refractivity contribution in [2.75, 3.05) is 36.2 Å². The molecule has 3 aromatic rings. The fraction of sp³-hybridized carbons (Fsp3) is 0.481. The van der Waals surface area contributed by atoms with E-state index in [4.69, 9.17) is 0 Å². The maximum absolute atomic E-state index is 12.9. The van der Waals surface area contributed by atoms with Gasteiger partial charge in [-0.2, -0.15) is 0 Å². The van der Waals surface area contributed by atoms with Crippen molar-refractivity contribution in [1.82, 2.24) is 15.2 Å². The number of amides is 2. The summed E-state index contributed by atoms with van der Waals surface area (Å²) in [6, 6.07) is 8.37. The molecule has 1 aromatic carbocycles. The monoisotopic (exact) mass is 605 g/mol. The molecule has 0 unspecified atom stereocenters. The first-order chi connectivity index (χ1) is 19.3. The van der Waals surface area contributed by atoms with Crippen molar-refractivity contribution in [2.24, 2.45) is 5.92 Å². The number of carbonyl (C=O) groups excluding carboxylic acids is 3. The summed E-state index contributed by atoms with van der Waals surface area (Å²) in [5.41, 5.74) is 1.13. The second-order valence-corrected chi connectivity index (χ2v) is 13.7. The number of piperidine rings is 1. The van der Waals surface area contributed by atoms with Crippen LogP contribution in [0.2, 0.25) is 0 Å². The van der Waals surface area contributed by atoms with E-state index in [1.165, 1.54) is 11.3 Å². The van der Waals surface area contributed by atoms with Gasteiger partial charge < -0.3 is 20.3 Å². The number of likely N-dealkylation sites (tertiary alicyclic amines) is 1. The number of thiazole rings is 1. The average Bonchev–Trinajstić information content (AvgIpc) is 3.61. The van der Waals surface area contributed by atoms with E-state index in [2.05, 4.69) is 25.2 Å². The average molecular weight is 606 g/mol. The van der Waals surface area contributed by atoms with Crippen LogP contribution in [0.3, 0.4) is 0 Å². The molecular formula is C27H35N5O5S3. The quantitative estimate of drug-likeness (QED) is 0.172. The topological polar surface area (TPSA) is 138 Å². The van der Waals surface area contributed by atoms with Crippen LogP contribution in [0.1, 0.15) is 51.4 Å². The standard InChI is InChI=1S/C27H35N5O5S3/c33-17-5-3-1-2-4-7-24(34)28-13-16-32-14-11-20(12-15-32)26(35)30-27-29-22-10-9-21(19-23(22)39-27)31-40(36,37)25-8-6-18-38-25/h6,8-10,17-20,31H,1-5,7,11-16H2,(H,28,34)(H,29,30,35). The molecule has 10 nitrogen and oxygen atoms in total. The third-order valence-corrected chi connectivity index (χ3v) is 10.5. The molecule has 4 rings (SSSR count). The van der Waals surface area contributed by atoms with Gasteiger partial charge in [0.25, 0.3) is 10.0 Å². The molecule has 216 valence electrons. The minimum absolute atomic E-state index is 0.0567. The second kappa shape index (κ2) is 14.7. The van der Waals surface area contributed by atoms with Gasteiger partial charge in [0.1, 0.15) is 10.5 Å². The SMILES string of the molecule is O=CCCCCCCC(=O)NCCN1CCC(C(=O)Nc2nc3ccc(NS(=O)(=O)c4cccs4)cc3s2)CC1. The number of rotatable bonds is 15. The Balaban J connectivity index is 1.17. The van der Waals surface area contributed by atoms with E-state index in [1.54, 1.807) is 35.7 Å². The molecule has 3 N–H and O–H groups in total. The predicted molar refractivity (Wildman–Crippen MR) is 159 cm³/mol. The van der Waals surface area contributed by atoms with Crippen molar-refractivity contribution in [3.8, 4) is 0 Å². The summed E-state index contributed by atoms with van der Waals surface area (Å²) in [5.74, 6) is -0.100. The molecule has 1 saturated heterocycles. The van der Waals surface area contributed by atoms with Gasteiger partial charge in [-0.1, -0.05) is 30.2 Å². The maximum atomic E-state index is 12.9. The molecule has 0 atom stereocenters. The number of hydrogen-bond donors (Lipinski definition) is 3. The number of fused-ring (bicyclic) bond motifs is 1. The number of thiophene rings is 1. The zero-order valence-electron chi connectivity index (χ0n) is 22.3. The van der Waals surface area contributed by atoms with E-state index >= 15 is 0 Å². The third kappa shape index (κ3) is 8.82. The Morgan fingerprint density at radius 1 is 1.10 bits per heavy atom. The number of anilines is 2. The van der Waals surface area contributed by atoms with Crippen molar-refractivity contribution >= 4 is 71.8 Å². The summed E-state index contributed by atoms with van der Waals surface area (Å²) in [7, 11) is -3.64. The lowest BCUT2D eigenvalue weighted by atomic mass is 9.96. The third-order valence-electron chi connectivity index (χ3n) is 6.82. The van der Waals surface area contributed by atoms with Crippen molar-refractivity contribution in [1.29, 1.82) is 0 Å². The molecule has 1 aliphatic heterocycles. The van der Waals surface area contributed by atoms with Gasteiger partial charge >= 0.3 is 0 Å². The molecule has 3 heterocycles. The zero-order valence-corrected chi connectivity index (χ0v) is 24.7. The highest BCUT2D eigenvalue weighted by atomic mass is 32.2. The van der Waals surface area contributed by atoms with Crippen LogP contribution in [-0.2, 0) is 24.4 Å². The summed E-state index contributed by atoms with van der Waals surface area (Å²) in [6.07, 6.45) is 7.20. The van der Waals surface area contributed by atoms with E-state index < -0.39 is 10.0 Å². The molecule has 40 heavy (non-hydrogen) atoms. The van der Waals surface area contributed by atoms with E-state index in [0.29, 0.717) is 35.7 Å². The predicted octanol–water partition coefficient (Wildman–Crippen LogP) is 4.46. The second-order valence-electron chi connectivity index (χ2n) is 9.81. The highest BCUT2D eigenvalue weighted by molar-refractivity contribution is 7.94. The first-order valence-corrected chi connectivity index (χ1v) is 16.7. The number of nitrogens with zero attached hydrogens (tertiary/aromatic N) is 2. The van der Waals surface area contributed by atoms with Gasteiger partial charge in [-0.05, 0) is 68.4 Å². The van der Waals surface area contributed by atoms with Crippen LogP contribution >= 0.6 is 22.7 Å². The van der Waals surface area contributed by atoms with Crippen molar-refractivity contribution in [2.45, 2.75) is 55.6 Å². The summed E-state index contributed by atoms with van der Waals surface area (Å²) >= 11 is 2.46. The highest BCUT2D eigenvalue weighted by Crippen LogP contribution is 2.30. The molecule has 1 fully saturated rings. The van der Waals surface area contributed by atoms with Gasteiger partial charge in [-0.25, -0.2) is 13.4 Å². The largest absolute Gasteiger partial charge is 0.355 e. The molecule has 0 saturated carbocycles. The number of carbonyl (C=O) groups is 3. The number of hydrogen-bond acceptors (Lipinski definition) is 9. The van der Waals surface area contributed by atoms with Crippen molar-refractivity contribution in [3.05, 3.63) is 35.7 Å². The zero-order chi connectivity index (χ0) is 28.4. The fourth-order valence-electron chi connectivity index (χ4n) is 4.60. The summed E-state index contributed by atoms with van der Waals surface area (Å²) in [5, 5.41) is 8.12. The van der Waals surface area contributed by atoms with Crippen LogP contribution in [0.15, 0.2) is 39.9 Å². The Bertz CT molecular complexity index is 1380. The van der Waals surface area contributed by atoms with Gasteiger partial charge in [0.05, 0.1) is 15.9 Å². The van der Waals surface area contributed by atoms with E-state index in [-0.39, 0.29) is 21.9 Å². The Labute approximate surface area is 242 Å². The molecule has 0 bridgehead atoms. The first kappa shape index (κ1) is 30.1. The number of nitrogens with one attached hydrogen (secondary N) is 3. The minimum atomic E-state index is -3.64. The molecule has 2 aromatic heterocycles. The number of benzene rings is 1. The van der Waals surface area contributed by atoms with Crippen LogP contribution in [0.5, 0.6) is 0 Å². The lowest BCUT2D eigenvalue weighted by Crippen LogP contribution is -2.41. The van der Waals surface area contributed by atoms with Crippen LogP contribution in [0.4, 0.5) is 10.8 Å². The smallest absolute Gasteiger partial charge is 0.271 e. The Morgan fingerprint density at radius 3 is 2.65 bits per heavy atom. The molecular weight excluding hydrogens is 571 g/mol. The van der Waals surface area contributed by atoms with Gasteiger partial charge in [0.2, 0.25) is 11.8 Å². The Kier molecular flexibility index (Phi) is 11.0. The molecule has 0 aliphatic carbocycles. The molecule has 13 heteroatoms. The lowest BCUT2D eigenvalue weighted by molar-refractivity contribution is -0.121.